The molecule has 1 amide bonds. The summed E-state index contributed by atoms with van der Waals surface area (Å²) in [7, 11) is 0. The van der Waals surface area contributed by atoms with Crippen LogP contribution in [0, 0.1) is 6.92 Å². The Hall–Kier alpha value is -1.75. The summed E-state index contributed by atoms with van der Waals surface area (Å²) in [6.07, 6.45) is 3.43. The number of hydrogen-bond donors (Lipinski definition) is 2. The van der Waals surface area contributed by atoms with Crippen LogP contribution >= 0.6 is 0 Å². The zero-order valence-electron chi connectivity index (χ0n) is 12.7. The summed E-state index contributed by atoms with van der Waals surface area (Å²) in [5, 5.41) is 5.87. The zero-order valence-corrected chi connectivity index (χ0v) is 12.7. The number of carbonyl (C=O) groups is 1. The lowest BCUT2D eigenvalue weighted by molar-refractivity contribution is 0.0534. The minimum absolute atomic E-state index is 0.402. The lowest BCUT2D eigenvalue weighted by atomic mass is 10.2. The molecule has 20 heavy (non-hydrogen) atoms. The lowest BCUT2D eigenvalue weighted by Gasteiger charge is -2.19. The Kier molecular flexibility index (Phi) is 6.31. The van der Waals surface area contributed by atoms with Crippen molar-refractivity contribution in [1.82, 2.24) is 10.6 Å². The minimum atomic E-state index is -0.462. The number of nitrogens with one attached hydrogen (secondary N) is 2. The Morgan fingerprint density at radius 2 is 2.00 bits per heavy atom. The molecule has 0 aliphatic heterocycles. The molecule has 0 aliphatic rings. The molecule has 0 atom stereocenters. The summed E-state index contributed by atoms with van der Waals surface area (Å²) in [6.45, 7) is 9.30. The van der Waals surface area contributed by atoms with Crippen molar-refractivity contribution in [2.45, 2.75) is 39.8 Å². The molecule has 0 bridgehead atoms. The average Bonchev–Trinajstić information content (AvgIpc) is 2.71. The highest BCUT2D eigenvalue weighted by atomic mass is 16.6. The van der Waals surface area contributed by atoms with Crippen LogP contribution in [0.3, 0.4) is 0 Å². The van der Waals surface area contributed by atoms with Crippen molar-refractivity contribution < 1.29 is 13.9 Å². The topological polar surface area (TPSA) is 63.5 Å². The van der Waals surface area contributed by atoms with E-state index in [0.717, 1.165) is 18.1 Å². The Bertz CT molecular complexity index is 444. The molecule has 0 spiro atoms. The highest BCUT2D eigenvalue weighted by molar-refractivity contribution is 5.67. The van der Waals surface area contributed by atoms with Gasteiger partial charge in [0.15, 0.2) is 0 Å². The molecule has 0 aromatic carbocycles. The van der Waals surface area contributed by atoms with E-state index >= 15 is 0 Å². The van der Waals surface area contributed by atoms with E-state index in [9.17, 15) is 4.79 Å². The Morgan fingerprint density at radius 3 is 2.60 bits per heavy atom. The van der Waals surface area contributed by atoms with Crippen LogP contribution in [0.1, 0.15) is 32.3 Å². The molecule has 5 nitrogen and oxygen atoms in total. The van der Waals surface area contributed by atoms with E-state index in [2.05, 4.69) is 10.6 Å². The largest absolute Gasteiger partial charge is 0.465 e. The van der Waals surface area contributed by atoms with Gasteiger partial charge in [0, 0.05) is 13.1 Å². The SMILES string of the molecule is Cc1ccc(CNC/C=C/CNC(=O)OC(C)(C)C)o1. The van der Waals surface area contributed by atoms with Gasteiger partial charge in [-0.25, -0.2) is 4.79 Å². The molecule has 0 saturated heterocycles. The monoisotopic (exact) mass is 280 g/mol. The first-order valence-corrected chi connectivity index (χ1v) is 6.75. The summed E-state index contributed by atoms with van der Waals surface area (Å²) in [4.78, 5) is 11.3. The van der Waals surface area contributed by atoms with Gasteiger partial charge in [-0.3, -0.25) is 0 Å². The number of hydrogen-bond acceptors (Lipinski definition) is 4. The number of carbonyl (C=O) groups excluding carboxylic acids is 1. The van der Waals surface area contributed by atoms with Crippen molar-refractivity contribution in [3.63, 3.8) is 0 Å². The molecule has 0 unspecified atom stereocenters. The second-order valence-electron chi connectivity index (χ2n) is 5.50. The molecule has 2 N–H and O–H groups in total. The molecule has 1 aromatic heterocycles. The van der Waals surface area contributed by atoms with Crippen molar-refractivity contribution in [1.29, 1.82) is 0 Å². The molecule has 0 aliphatic carbocycles. The van der Waals surface area contributed by atoms with E-state index in [1.807, 2.05) is 52.0 Å². The second-order valence-corrected chi connectivity index (χ2v) is 5.50. The van der Waals surface area contributed by atoms with Crippen molar-refractivity contribution in [3.05, 3.63) is 35.8 Å². The van der Waals surface area contributed by atoms with E-state index in [4.69, 9.17) is 9.15 Å². The van der Waals surface area contributed by atoms with E-state index in [0.29, 0.717) is 13.1 Å². The fourth-order valence-corrected chi connectivity index (χ4v) is 1.48. The number of alkyl carbamates (subject to hydrolysis) is 1. The normalized spacial score (nSPS) is 11.8. The van der Waals surface area contributed by atoms with E-state index in [1.54, 1.807) is 0 Å². The van der Waals surface area contributed by atoms with Crippen molar-refractivity contribution in [3.8, 4) is 0 Å². The lowest BCUT2D eigenvalue weighted by Crippen LogP contribution is -2.32. The Balaban J connectivity index is 2.06. The fraction of sp³-hybridized carbons (Fsp3) is 0.533. The minimum Gasteiger partial charge on any atom is -0.465 e. The quantitative estimate of drug-likeness (QED) is 0.621. The number of aryl methyl sites for hydroxylation is 1. The third-order valence-corrected chi connectivity index (χ3v) is 2.29. The van der Waals surface area contributed by atoms with Crippen LogP contribution in [0.15, 0.2) is 28.7 Å². The molecule has 0 fully saturated rings. The number of rotatable bonds is 6. The van der Waals surface area contributed by atoms with Crippen LogP contribution in [-0.4, -0.2) is 24.8 Å². The van der Waals surface area contributed by atoms with Gasteiger partial charge in [0.2, 0.25) is 0 Å². The first kappa shape index (κ1) is 16.3. The van der Waals surface area contributed by atoms with Gasteiger partial charge < -0.3 is 19.8 Å². The van der Waals surface area contributed by atoms with Gasteiger partial charge in [-0.15, -0.1) is 0 Å². The van der Waals surface area contributed by atoms with Gasteiger partial charge in [-0.1, -0.05) is 12.2 Å². The van der Waals surface area contributed by atoms with E-state index in [-0.39, 0.29) is 0 Å². The van der Waals surface area contributed by atoms with Crippen molar-refractivity contribution in [2.75, 3.05) is 13.1 Å². The molecule has 1 heterocycles. The second kappa shape index (κ2) is 7.75. The number of ether oxygens (including phenoxy) is 1. The summed E-state index contributed by atoms with van der Waals surface area (Å²) in [5.41, 5.74) is -0.462. The van der Waals surface area contributed by atoms with Crippen LogP contribution in [0.2, 0.25) is 0 Å². The van der Waals surface area contributed by atoms with Crippen LogP contribution < -0.4 is 10.6 Å². The highest BCUT2D eigenvalue weighted by Gasteiger charge is 2.14. The summed E-state index contributed by atoms with van der Waals surface area (Å²) in [5.74, 6) is 1.83. The average molecular weight is 280 g/mol. The maximum atomic E-state index is 11.3. The van der Waals surface area contributed by atoms with Crippen molar-refractivity contribution in [2.24, 2.45) is 0 Å². The van der Waals surface area contributed by atoms with Gasteiger partial charge in [-0.2, -0.15) is 0 Å². The molecule has 1 aromatic rings. The van der Waals surface area contributed by atoms with E-state index < -0.39 is 11.7 Å². The summed E-state index contributed by atoms with van der Waals surface area (Å²) < 4.78 is 10.5. The van der Waals surface area contributed by atoms with Crippen LogP contribution in [0.5, 0.6) is 0 Å². The first-order chi connectivity index (χ1) is 9.37. The summed E-state index contributed by atoms with van der Waals surface area (Å²) >= 11 is 0. The first-order valence-electron chi connectivity index (χ1n) is 6.75. The maximum Gasteiger partial charge on any atom is 0.407 e. The molecule has 0 saturated carbocycles. The van der Waals surface area contributed by atoms with Gasteiger partial charge in [0.05, 0.1) is 6.54 Å². The third-order valence-electron chi connectivity index (χ3n) is 2.29. The molecule has 0 radical (unpaired) electrons. The Morgan fingerprint density at radius 1 is 1.30 bits per heavy atom. The zero-order chi connectivity index (χ0) is 15.0. The maximum absolute atomic E-state index is 11.3. The Labute approximate surface area is 120 Å². The number of furan rings is 1. The molecular weight excluding hydrogens is 256 g/mol. The van der Waals surface area contributed by atoms with Crippen LogP contribution in [-0.2, 0) is 11.3 Å². The molecular formula is C15H24N2O3. The smallest absolute Gasteiger partial charge is 0.407 e. The highest BCUT2D eigenvalue weighted by Crippen LogP contribution is 2.06. The van der Waals surface area contributed by atoms with E-state index in [1.165, 1.54) is 0 Å². The van der Waals surface area contributed by atoms with Crippen molar-refractivity contribution >= 4 is 6.09 Å². The predicted molar refractivity (Wildman–Crippen MR) is 78.5 cm³/mol. The van der Waals surface area contributed by atoms with Gasteiger partial charge in [-0.05, 0) is 39.8 Å². The van der Waals surface area contributed by atoms with Gasteiger partial charge >= 0.3 is 6.09 Å². The molecule has 112 valence electrons. The van der Waals surface area contributed by atoms with Gasteiger partial charge in [0.1, 0.15) is 17.1 Å². The van der Waals surface area contributed by atoms with Gasteiger partial charge in [0.25, 0.3) is 0 Å². The molecule has 5 heteroatoms. The number of amides is 1. The third kappa shape index (κ3) is 7.63. The standard InChI is InChI=1S/C15H24N2O3/c1-12-7-8-13(19-12)11-16-9-5-6-10-17-14(18)20-15(2,3)4/h5-8,16H,9-11H2,1-4H3,(H,17,18)/b6-5+. The van der Waals surface area contributed by atoms with Crippen LogP contribution in [0.4, 0.5) is 4.79 Å². The summed E-state index contributed by atoms with van der Waals surface area (Å²) in [6, 6.07) is 3.90. The molecule has 1 rings (SSSR count). The predicted octanol–water partition coefficient (Wildman–Crippen LogP) is 2.76. The van der Waals surface area contributed by atoms with Crippen LogP contribution in [0.25, 0.3) is 0 Å². The fourth-order valence-electron chi connectivity index (χ4n) is 1.48.